The van der Waals surface area contributed by atoms with Crippen LogP contribution < -0.4 is 20.7 Å². The molecule has 0 saturated carbocycles. The van der Waals surface area contributed by atoms with E-state index in [2.05, 4.69) is 5.32 Å². The zero-order valence-electron chi connectivity index (χ0n) is 15.6. The second-order valence-electron chi connectivity index (χ2n) is 6.57. The average Bonchev–Trinajstić information content (AvgIpc) is 3.01. The molecule has 1 aliphatic rings. The van der Waals surface area contributed by atoms with Crippen molar-refractivity contribution >= 4 is 41.3 Å². The Morgan fingerprint density at radius 1 is 1.26 bits per heavy atom. The van der Waals surface area contributed by atoms with Gasteiger partial charge in [-0.05, 0) is 43.2 Å². The number of hydrogen-bond acceptors (Lipinski definition) is 4. The van der Waals surface area contributed by atoms with Crippen molar-refractivity contribution in [2.45, 2.75) is 20.3 Å². The molecule has 1 fully saturated rings. The minimum atomic E-state index is -0.423. The van der Waals surface area contributed by atoms with Gasteiger partial charge in [0.2, 0.25) is 11.8 Å². The van der Waals surface area contributed by atoms with Crippen LogP contribution in [-0.4, -0.2) is 25.5 Å². The number of hydrogen-bond donors (Lipinski definition) is 2. The largest absolute Gasteiger partial charge is 0.497 e. The van der Waals surface area contributed by atoms with Crippen molar-refractivity contribution < 1.29 is 14.3 Å². The summed E-state index contributed by atoms with van der Waals surface area (Å²) in [5, 5.41) is 2.82. The first-order chi connectivity index (χ1) is 12.4. The lowest BCUT2D eigenvalue weighted by atomic mass is 10.1. The van der Waals surface area contributed by atoms with Gasteiger partial charge in [0.1, 0.15) is 5.75 Å². The van der Waals surface area contributed by atoms with Gasteiger partial charge < -0.3 is 20.7 Å². The molecule has 1 unspecified atom stereocenters. The van der Waals surface area contributed by atoms with E-state index in [1.54, 1.807) is 30.2 Å². The lowest BCUT2D eigenvalue weighted by Crippen LogP contribution is -2.28. The maximum absolute atomic E-state index is 12.7. The molecule has 1 atom stereocenters. The van der Waals surface area contributed by atoms with Crippen molar-refractivity contribution in [2.75, 3.05) is 29.6 Å². The second-order valence-corrected chi connectivity index (χ2v) is 6.57. The van der Waals surface area contributed by atoms with Crippen LogP contribution in [0.15, 0.2) is 36.4 Å². The molecule has 6 nitrogen and oxygen atoms in total. The van der Waals surface area contributed by atoms with E-state index in [0.717, 1.165) is 16.8 Å². The zero-order valence-corrected chi connectivity index (χ0v) is 16.4. The molecule has 0 aliphatic carbocycles. The first-order valence-electron chi connectivity index (χ1n) is 8.51. The number of nitrogens with one attached hydrogen (secondary N) is 1. The Labute approximate surface area is 165 Å². The molecule has 7 heteroatoms. The number of carbonyl (C=O) groups is 2. The van der Waals surface area contributed by atoms with Crippen LogP contribution >= 0.6 is 12.4 Å². The number of nitrogens with zero attached hydrogens (tertiary/aromatic N) is 1. The minimum absolute atomic E-state index is 0. The summed E-state index contributed by atoms with van der Waals surface area (Å²) in [7, 11) is 1.55. The first-order valence-corrected chi connectivity index (χ1v) is 8.51. The van der Waals surface area contributed by atoms with Crippen LogP contribution in [0, 0.1) is 19.8 Å². The van der Waals surface area contributed by atoms with Crippen molar-refractivity contribution in [3.63, 3.8) is 0 Å². The number of methoxy groups -OCH3 is 1. The zero-order chi connectivity index (χ0) is 18.8. The molecule has 27 heavy (non-hydrogen) atoms. The number of nitrogens with two attached hydrogens (primary N) is 1. The van der Waals surface area contributed by atoms with E-state index < -0.39 is 5.92 Å². The Balaban J connectivity index is 0.00000261. The SMILES string of the molecule is COc1ccc(N)c(NC(=O)C2CC(=O)N(c3cccc(C)c3C)C2)c1.Cl. The molecular formula is C20H24ClN3O3. The number of nitrogen functional groups attached to an aromatic ring is 1. The third kappa shape index (κ3) is 4.17. The molecule has 0 radical (unpaired) electrons. The average molecular weight is 390 g/mol. The molecule has 1 saturated heterocycles. The van der Waals surface area contributed by atoms with Gasteiger partial charge in [-0.15, -0.1) is 12.4 Å². The highest BCUT2D eigenvalue weighted by Crippen LogP contribution is 2.31. The van der Waals surface area contributed by atoms with Crippen LogP contribution in [0.3, 0.4) is 0 Å². The van der Waals surface area contributed by atoms with Crippen LogP contribution in [0.2, 0.25) is 0 Å². The predicted molar refractivity (Wildman–Crippen MR) is 110 cm³/mol. The fourth-order valence-electron chi connectivity index (χ4n) is 3.15. The monoisotopic (exact) mass is 389 g/mol. The minimum Gasteiger partial charge on any atom is -0.497 e. The van der Waals surface area contributed by atoms with E-state index in [0.29, 0.717) is 23.7 Å². The van der Waals surface area contributed by atoms with Gasteiger partial charge in [0.05, 0.1) is 24.4 Å². The van der Waals surface area contributed by atoms with Crippen molar-refractivity contribution in [1.29, 1.82) is 0 Å². The number of halogens is 1. The number of ether oxygens (including phenoxy) is 1. The fraction of sp³-hybridized carbons (Fsp3) is 0.300. The first kappa shape index (κ1) is 20.6. The topological polar surface area (TPSA) is 84.7 Å². The van der Waals surface area contributed by atoms with Gasteiger partial charge in [-0.1, -0.05) is 12.1 Å². The van der Waals surface area contributed by atoms with Crippen molar-refractivity contribution in [3.05, 3.63) is 47.5 Å². The summed E-state index contributed by atoms with van der Waals surface area (Å²) < 4.78 is 5.16. The van der Waals surface area contributed by atoms with Crippen molar-refractivity contribution in [3.8, 4) is 5.75 Å². The second kappa shape index (κ2) is 8.31. The maximum atomic E-state index is 12.7. The van der Waals surface area contributed by atoms with Gasteiger partial charge in [-0.2, -0.15) is 0 Å². The van der Waals surface area contributed by atoms with E-state index in [9.17, 15) is 9.59 Å². The third-order valence-corrected chi connectivity index (χ3v) is 4.88. The summed E-state index contributed by atoms with van der Waals surface area (Å²) in [5.74, 6) is -0.0782. The molecule has 0 spiro atoms. The Kier molecular flexibility index (Phi) is 6.33. The standard InChI is InChI=1S/C20H23N3O3.ClH/c1-12-5-4-6-18(13(12)2)23-11-14(9-19(23)24)20(25)22-17-10-15(26-3)7-8-16(17)21;/h4-8,10,14H,9,11,21H2,1-3H3,(H,22,25);1H. The van der Waals surface area contributed by atoms with E-state index in [-0.39, 0.29) is 30.6 Å². The van der Waals surface area contributed by atoms with E-state index in [4.69, 9.17) is 10.5 Å². The third-order valence-electron chi connectivity index (χ3n) is 4.88. The molecule has 2 aromatic rings. The highest BCUT2D eigenvalue weighted by atomic mass is 35.5. The van der Waals surface area contributed by atoms with Gasteiger partial charge in [0.15, 0.2) is 0 Å². The summed E-state index contributed by atoms with van der Waals surface area (Å²) >= 11 is 0. The lowest BCUT2D eigenvalue weighted by Gasteiger charge is -2.20. The summed E-state index contributed by atoms with van der Waals surface area (Å²) in [4.78, 5) is 26.8. The number of aryl methyl sites for hydroxylation is 1. The molecule has 0 bridgehead atoms. The summed E-state index contributed by atoms with van der Waals surface area (Å²) in [5.41, 5.74) is 9.91. The highest BCUT2D eigenvalue weighted by Gasteiger charge is 2.36. The lowest BCUT2D eigenvalue weighted by molar-refractivity contribution is -0.122. The number of amides is 2. The van der Waals surface area contributed by atoms with E-state index in [1.807, 2.05) is 32.0 Å². The molecular weight excluding hydrogens is 366 g/mol. The summed E-state index contributed by atoms with van der Waals surface area (Å²) in [6, 6.07) is 10.9. The fourth-order valence-corrected chi connectivity index (χ4v) is 3.15. The van der Waals surface area contributed by atoms with Gasteiger partial charge >= 0.3 is 0 Å². The number of benzene rings is 2. The van der Waals surface area contributed by atoms with E-state index in [1.165, 1.54) is 0 Å². The number of carbonyl (C=O) groups excluding carboxylic acids is 2. The van der Waals surface area contributed by atoms with Crippen molar-refractivity contribution in [1.82, 2.24) is 0 Å². The molecule has 3 rings (SSSR count). The molecule has 3 N–H and O–H groups in total. The van der Waals surface area contributed by atoms with E-state index >= 15 is 0 Å². The van der Waals surface area contributed by atoms with Gasteiger partial charge in [-0.25, -0.2) is 0 Å². The summed E-state index contributed by atoms with van der Waals surface area (Å²) in [6.07, 6.45) is 0.184. The molecule has 1 aliphatic heterocycles. The number of rotatable bonds is 4. The van der Waals surface area contributed by atoms with Crippen LogP contribution in [0.1, 0.15) is 17.5 Å². The predicted octanol–water partition coefficient (Wildman–Crippen LogP) is 3.31. The van der Waals surface area contributed by atoms with Gasteiger partial charge in [0.25, 0.3) is 0 Å². The Morgan fingerprint density at radius 3 is 2.70 bits per heavy atom. The van der Waals surface area contributed by atoms with Crippen LogP contribution in [0.5, 0.6) is 5.75 Å². The highest BCUT2D eigenvalue weighted by molar-refractivity contribution is 6.04. The molecule has 1 heterocycles. The molecule has 0 aromatic heterocycles. The molecule has 144 valence electrons. The number of anilines is 3. The Hall–Kier alpha value is -2.73. The Bertz CT molecular complexity index is 870. The Morgan fingerprint density at radius 2 is 2.00 bits per heavy atom. The maximum Gasteiger partial charge on any atom is 0.229 e. The quantitative estimate of drug-likeness (QED) is 0.785. The van der Waals surface area contributed by atoms with Crippen molar-refractivity contribution in [2.24, 2.45) is 5.92 Å². The van der Waals surface area contributed by atoms with Crippen LogP contribution in [-0.2, 0) is 9.59 Å². The van der Waals surface area contributed by atoms with Crippen LogP contribution in [0.4, 0.5) is 17.1 Å². The smallest absolute Gasteiger partial charge is 0.229 e. The molecule has 2 amide bonds. The normalized spacial score (nSPS) is 16.0. The van der Waals surface area contributed by atoms with Gasteiger partial charge in [0, 0.05) is 24.7 Å². The molecule has 2 aromatic carbocycles. The van der Waals surface area contributed by atoms with Crippen LogP contribution in [0.25, 0.3) is 0 Å². The summed E-state index contributed by atoms with van der Waals surface area (Å²) in [6.45, 7) is 4.36. The van der Waals surface area contributed by atoms with Gasteiger partial charge in [-0.3, -0.25) is 9.59 Å².